The van der Waals surface area contributed by atoms with Crippen LogP contribution in [-0.4, -0.2) is 38.0 Å². The Morgan fingerprint density at radius 2 is 2.33 bits per heavy atom. The molecule has 0 aromatic rings. The predicted octanol–water partition coefficient (Wildman–Crippen LogP) is 0.385. The SMILES string of the molecule is OCCCCNCC1CCOC1. The van der Waals surface area contributed by atoms with E-state index in [1.165, 1.54) is 6.42 Å². The summed E-state index contributed by atoms with van der Waals surface area (Å²) in [5.41, 5.74) is 0. The summed E-state index contributed by atoms with van der Waals surface area (Å²) in [5.74, 6) is 0.721. The van der Waals surface area contributed by atoms with Crippen LogP contribution in [0.2, 0.25) is 0 Å². The van der Waals surface area contributed by atoms with Gasteiger partial charge in [-0.3, -0.25) is 0 Å². The van der Waals surface area contributed by atoms with Crippen LogP contribution in [0.1, 0.15) is 19.3 Å². The number of rotatable bonds is 6. The summed E-state index contributed by atoms with van der Waals surface area (Å²) in [5, 5.41) is 11.9. The highest BCUT2D eigenvalue weighted by atomic mass is 16.5. The molecular weight excluding hydrogens is 154 g/mol. The Morgan fingerprint density at radius 1 is 1.42 bits per heavy atom. The second-order valence-corrected chi connectivity index (χ2v) is 3.36. The number of nitrogens with one attached hydrogen (secondary N) is 1. The molecule has 0 amide bonds. The standard InChI is InChI=1S/C9H19NO2/c11-5-2-1-4-10-7-9-3-6-12-8-9/h9-11H,1-8H2. The minimum absolute atomic E-state index is 0.314. The fourth-order valence-electron chi connectivity index (χ4n) is 1.41. The van der Waals surface area contributed by atoms with Crippen LogP contribution in [0.4, 0.5) is 0 Å². The summed E-state index contributed by atoms with van der Waals surface area (Å²) in [6.07, 6.45) is 3.19. The Morgan fingerprint density at radius 3 is 3.00 bits per heavy atom. The van der Waals surface area contributed by atoms with Gasteiger partial charge < -0.3 is 15.2 Å². The van der Waals surface area contributed by atoms with E-state index in [9.17, 15) is 0 Å². The lowest BCUT2D eigenvalue weighted by Gasteiger charge is -2.08. The summed E-state index contributed by atoms with van der Waals surface area (Å²) in [6.45, 7) is 4.27. The lowest BCUT2D eigenvalue weighted by Crippen LogP contribution is -2.24. The van der Waals surface area contributed by atoms with Gasteiger partial charge in [0.05, 0.1) is 6.61 Å². The molecule has 1 unspecified atom stereocenters. The largest absolute Gasteiger partial charge is 0.396 e. The van der Waals surface area contributed by atoms with Crippen molar-refractivity contribution < 1.29 is 9.84 Å². The molecule has 3 nitrogen and oxygen atoms in total. The van der Waals surface area contributed by atoms with Crippen molar-refractivity contribution in [1.29, 1.82) is 0 Å². The molecule has 1 saturated heterocycles. The zero-order valence-corrected chi connectivity index (χ0v) is 7.59. The van der Waals surface area contributed by atoms with Crippen molar-refractivity contribution in [1.82, 2.24) is 5.32 Å². The Balaban J connectivity index is 1.81. The van der Waals surface area contributed by atoms with Gasteiger partial charge in [0.2, 0.25) is 0 Å². The normalized spacial score (nSPS) is 23.2. The summed E-state index contributed by atoms with van der Waals surface area (Å²) >= 11 is 0. The summed E-state index contributed by atoms with van der Waals surface area (Å²) in [7, 11) is 0. The van der Waals surface area contributed by atoms with Gasteiger partial charge in [-0.05, 0) is 31.7 Å². The number of hydrogen-bond acceptors (Lipinski definition) is 3. The van der Waals surface area contributed by atoms with Gasteiger partial charge in [-0.25, -0.2) is 0 Å². The molecule has 1 rings (SSSR count). The van der Waals surface area contributed by atoms with Crippen molar-refractivity contribution in [3.8, 4) is 0 Å². The van der Waals surface area contributed by atoms with Crippen molar-refractivity contribution in [2.24, 2.45) is 5.92 Å². The maximum atomic E-state index is 8.53. The van der Waals surface area contributed by atoms with Gasteiger partial charge in [0.15, 0.2) is 0 Å². The first-order valence-corrected chi connectivity index (χ1v) is 4.83. The highest BCUT2D eigenvalue weighted by molar-refractivity contribution is 4.66. The van der Waals surface area contributed by atoms with E-state index in [-0.39, 0.29) is 0 Å². The van der Waals surface area contributed by atoms with E-state index >= 15 is 0 Å². The van der Waals surface area contributed by atoms with Crippen LogP contribution in [0.15, 0.2) is 0 Å². The fourth-order valence-corrected chi connectivity index (χ4v) is 1.41. The minimum atomic E-state index is 0.314. The molecule has 0 aromatic carbocycles. The summed E-state index contributed by atoms with van der Waals surface area (Å²) < 4.78 is 5.26. The molecule has 1 heterocycles. The van der Waals surface area contributed by atoms with Crippen LogP contribution < -0.4 is 5.32 Å². The van der Waals surface area contributed by atoms with Crippen LogP contribution >= 0.6 is 0 Å². The topological polar surface area (TPSA) is 41.5 Å². The van der Waals surface area contributed by atoms with Crippen LogP contribution in [0.5, 0.6) is 0 Å². The lowest BCUT2D eigenvalue weighted by atomic mass is 10.1. The zero-order valence-electron chi connectivity index (χ0n) is 7.59. The van der Waals surface area contributed by atoms with E-state index in [1.54, 1.807) is 0 Å². The maximum absolute atomic E-state index is 8.53. The van der Waals surface area contributed by atoms with E-state index in [0.29, 0.717) is 6.61 Å². The highest BCUT2D eigenvalue weighted by Crippen LogP contribution is 2.10. The van der Waals surface area contributed by atoms with Crippen LogP contribution in [0.25, 0.3) is 0 Å². The smallest absolute Gasteiger partial charge is 0.0507 e. The molecule has 72 valence electrons. The third-order valence-corrected chi connectivity index (χ3v) is 2.22. The maximum Gasteiger partial charge on any atom is 0.0507 e. The second-order valence-electron chi connectivity index (χ2n) is 3.36. The number of hydrogen-bond donors (Lipinski definition) is 2. The van der Waals surface area contributed by atoms with Gasteiger partial charge in [0.1, 0.15) is 0 Å². The first-order chi connectivity index (χ1) is 5.93. The predicted molar refractivity (Wildman–Crippen MR) is 48.1 cm³/mol. The molecule has 2 N–H and O–H groups in total. The molecule has 0 aromatic heterocycles. The molecular formula is C9H19NO2. The summed E-state index contributed by atoms with van der Waals surface area (Å²) in [6, 6.07) is 0. The Kier molecular flexibility index (Phi) is 5.32. The molecule has 1 aliphatic heterocycles. The molecule has 0 bridgehead atoms. The fraction of sp³-hybridized carbons (Fsp3) is 1.00. The molecule has 12 heavy (non-hydrogen) atoms. The van der Waals surface area contributed by atoms with E-state index < -0.39 is 0 Å². The van der Waals surface area contributed by atoms with Crippen molar-refractivity contribution in [2.45, 2.75) is 19.3 Å². The second kappa shape index (κ2) is 6.40. The lowest BCUT2D eigenvalue weighted by molar-refractivity contribution is 0.185. The third kappa shape index (κ3) is 4.04. The molecule has 0 spiro atoms. The molecule has 1 aliphatic rings. The average molecular weight is 173 g/mol. The molecule has 0 aliphatic carbocycles. The summed E-state index contributed by atoms with van der Waals surface area (Å²) in [4.78, 5) is 0. The van der Waals surface area contributed by atoms with Crippen LogP contribution in [0, 0.1) is 5.92 Å². The third-order valence-electron chi connectivity index (χ3n) is 2.22. The molecule has 0 radical (unpaired) electrons. The van der Waals surface area contributed by atoms with Crippen molar-refractivity contribution in [3.63, 3.8) is 0 Å². The quantitative estimate of drug-likeness (QED) is 0.571. The number of aliphatic hydroxyl groups excluding tert-OH is 1. The van der Waals surface area contributed by atoms with Crippen molar-refractivity contribution in [3.05, 3.63) is 0 Å². The zero-order chi connectivity index (χ0) is 8.65. The van der Waals surface area contributed by atoms with Gasteiger partial charge in [-0.1, -0.05) is 0 Å². The van der Waals surface area contributed by atoms with Crippen molar-refractivity contribution in [2.75, 3.05) is 32.9 Å². The first kappa shape index (κ1) is 9.96. The average Bonchev–Trinajstić information content (AvgIpc) is 2.57. The Bertz CT molecular complexity index is 103. The Hall–Kier alpha value is -0.120. The van der Waals surface area contributed by atoms with Gasteiger partial charge in [0, 0.05) is 19.8 Å². The van der Waals surface area contributed by atoms with Gasteiger partial charge in [-0.15, -0.1) is 0 Å². The highest BCUT2D eigenvalue weighted by Gasteiger charge is 2.14. The van der Waals surface area contributed by atoms with Crippen LogP contribution in [0.3, 0.4) is 0 Å². The Labute approximate surface area is 74.1 Å². The van der Waals surface area contributed by atoms with E-state index in [2.05, 4.69) is 5.32 Å². The van der Waals surface area contributed by atoms with E-state index in [0.717, 1.165) is 45.1 Å². The monoisotopic (exact) mass is 173 g/mol. The van der Waals surface area contributed by atoms with E-state index in [1.807, 2.05) is 0 Å². The molecule has 3 heteroatoms. The van der Waals surface area contributed by atoms with Crippen LogP contribution in [-0.2, 0) is 4.74 Å². The van der Waals surface area contributed by atoms with Gasteiger partial charge in [-0.2, -0.15) is 0 Å². The molecule has 0 saturated carbocycles. The number of aliphatic hydroxyl groups is 1. The van der Waals surface area contributed by atoms with Gasteiger partial charge in [0.25, 0.3) is 0 Å². The first-order valence-electron chi connectivity index (χ1n) is 4.83. The minimum Gasteiger partial charge on any atom is -0.396 e. The van der Waals surface area contributed by atoms with Gasteiger partial charge >= 0.3 is 0 Å². The van der Waals surface area contributed by atoms with Crippen molar-refractivity contribution >= 4 is 0 Å². The van der Waals surface area contributed by atoms with E-state index in [4.69, 9.17) is 9.84 Å². The molecule has 1 atom stereocenters. The number of unbranched alkanes of at least 4 members (excludes halogenated alkanes) is 1. The molecule has 1 fully saturated rings. The number of ether oxygens (including phenoxy) is 1.